The third-order valence-electron chi connectivity index (χ3n) is 6.73. The molecule has 0 bridgehead atoms. The van der Waals surface area contributed by atoms with E-state index in [-0.39, 0.29) is 11.8 Å². The monoisotopic (exact) mass is 454 g/mol. The Labute approximate surface area is 191 Å². The first kappa shape index (κ1) is 21.9. The number of nitrogen functional groups attached to an aromatic ring is 1. The summed E-state index contributed by atoms with van der Waals surface area (Å²) in [4.78, 5) is 15.0. The van der Waals surface area contributed by atoms with Crippen molar-refractivity contribution >= 4 is 22.4 Å². The molecule has 0 radical (unpaired) electrons. The molecule has 7 nitrogen and oxygen atoms in total. The zero-order chi connectivity index (χ0) is 22.8. The number of alkyl halides is 1. The smallest absolute Gasteiger partial charge is 0.236 e. The van der Waals surface area contributed by atoms with Gasteiger partial charge in [-0.15, -0.1) is 0 Å². The van der Waals surface area contributed by atoms with Gasteiger partial charge in [0.15, 0.2) is 0 Å². The SMILES string of the molecule is Nc1cc(-c2ccc3ncnc(NC4CCC(N5CCO[C@H](CF)C5)CC4)c3c2)cnc1F. The first-order valence-electron chi connectivity index (χ1n) is 11.4. The van der Waals surface area contributed by atoms with Crippen LogP contribution in [0.1, 0.15) is 25.7 Å². The van der Waals surface area contributed by atoms with Gasteiger partial charge in [0.05, 0.1) is 23.9 Å². The number of nitrogens with zero attached hydrogens (tertiary/aromatic N) is 4. The van der Waals surface area contributed by atoms with E-state index < -0.39 is 12.6 Å². The molecule has 1 saturated heterocycles. The van der Waals surface area contributed by atoms with Crippen LogP contribution >= 0.6 is 0 Å². The highest BCUT2D eigenvalue weighted by Gasteiger charge is 2.30. The molecule has 3 N–H and O–H groups in total. The average Bonchev–Trinajstić information content (AvgIpc) is 2.86. The van der Waals surface area contributed by atoms with E-state index in [0.29, 0.717) is 25.2 Å². The number of anilines is 2. The lowest BCUT2D eigenvalue weighted by molar-refractivity contribution is -0.0568. The Morgan fingerprint density at radius 1 is 1.09 bits per heavy atom. The Morgan fingerprint density at radius 3 is 2.73 bits per heavy atom. The van der Waals surface area contributed by atoms with Crippen LogP contribution in [0.3, 0.4) is 0 Å². The number of nitrogens with two attached hydrogens (primary N) is 1. The summed E-state index contributed by atoms with van der Waals surface area (Å²) in [7, 11) is 0. The van der Waals surface area contributed by atoms with E-state index in [1.165, 1.54) is 6.20 Å². The second kappa shape index (κ2) is 9.52. The molecule has 33 heavy (non-hydrogen) atoms. The summed E-state index contributed by atoms with van der Waals surface area (Å²) < 4.78 is 32.0. The number of fused-ring (bicyclic) bond motifs is 1. The molecule has 1 atom stereocenters. The van der Waals surface area contributed by atoms with Crippen LogP contribution in [0.5, 0.6) is 0 Å². The number of benzene rings is 1. The van der Waals surface area contributed by atoms with Crippen LogP contribution in [-0.2, 0) is 4.74 Å². The van der Waals surface area contributed by atoms with Gasteiger partial charge in [-0.05, 0) is 49.4 Å². The molecule has 1 aliphatic carbocycles. The van der Waals surface area contributed by atoms with Gasteiger partial charge in [-0.25, -0.2) is 19.3 Å². The molecule has 2 aliphatic rings. The number of nitrogens with one attached hydrogen (secondary N) is 1. The first-order valence-corrected chi connectivity index (χ1v) is 11.4. The topological polar surface area (TPSA) is 89.2 Å². The van der Waals surface area contributed by atoms with Crippen molar-refractivity contribution in [2.45, 2.75) is 43.9 Å². The standard InChI is InChI=1S/C24H28F2N6O/c25-11-19-13-32(7-8-33-19)18-4-2-17(3-5-18)31-24-20-9-15(1-6-22(20)29-14-30-24)16-10-21(27)23(26)28-12-16/h1,6,9-10,12,14,17-19H,2-5,7-8,11,13,27H2,(H,29,30,31)/t17?,18?,19-/m1/s1. The zero-order valence-electron chi connectivity index (χ0n) is 18.4. The number of hydrogen-bond acceptors (Lipinski definition) is 7. The maximum atomic E-state index is 13.5. The molecule has 5 rings (SSSR count). The summed E-state index contributed by atoms with van der Waals surface area (Å²) in [6, 6.07) is 8.21. The summed E-state index contributed by atoms with van der Waals surface area (Å²) in [5.74, 6) is 0.121. The third-order valence-corrected chi connectivity index (χ3v) is 6.73. The highest BCUT2D eigenvalue weighted by atomic mass is 19.1. The third kappa shape index (κ3) is 4.74. The molecular weight excluding hydrogens is 426 g/mol. The fraction of sp³-hybridized carbons (Fsp3) is 0.458. The van der Waals surface area contributed by atoms with Crippen molar-refractivity contribution in [2.24, 2.45) is 0 Å². The van der Waals surface area contributed by atoms with Gasteiger partial charge >= 0.3 is 0 Å². The summed E-state index contributed by atoms with van der Waals surface area (Å²) in [6.07, 6.45) is 6.92. The lowest BCUT2D eigenvalue weighted by Gasteiger charge is -2.41. The number of pyridine rings is 1. The van der Waals surface area contributed by atoms with Gasteiger partial charge in [0, 0.05) is 42.3 Å². The van der Waals surface area contributed by atoms with Crippen molar-refractivity contribution < 1.29 is 13.5 Å². The molecule has 3 heterocycles. The predicted octanol–water partition coefficient (Wildman–Crippen LogP) is 3.81. The quantitative estimate of drug-likeness (QED) is 0.567. The van der Waals surface area contributed by atoms with Gasteiger partial charge in [-0.3, -0.25) is 4.90 Å². The lowest BCUT2D eigenvalue weighted by atomic mass is 9.89. The van der Waals surface area contributed by atoms with Gasteiger partial charge < -0.3 is 15.8 Å². The molecule has 2 fully saturated rings. The molecule has 1 aliphatic heterocycles. The molecular formula is C24H28F2N6O. The molecule has 2 aromatic heterocycles. The fourth-order valence-corrected chi connectivity index (χ4v) is 4.92. The van der Waals surface area contributed by atoms with E-state index in [0.717, 1.165) is 60.1 Å². The van der Waals surface area contributed by atoms with Gasteiger partial charge in [-0.1, -0.05) is 6.07 Å². The van der Waals surface area contributed by atoms with E-state index in [2.05, 4.69) is 25.2 Å². The molecule has 3 aromatic rings. The highest BCUT2D eigenvalue weighted by molar-refractivity contribution is 5.92. The van der Waals surface area contributed by atoms with Crippen molar-refractivity contribution in [1.82, 2.24) is 19.9 Å². The van der Waals surface area contributed by atoms with Crippen LogP contribution in [0.4, 0.5) is 20.3 Å². The van der Waals surface area contributed by atoms with Gasteiger partial charge in [-0.2, -0.15) is 4.39 Å². The lowest BCUT2D eigenvalue weighted by Crippen LogP contribution is -2.50. The Bertz CT molecular complexity index is 1120. The Hall–Kier alpha value is -2.91. The van der Waals surface area contributed by atoms with Crippen molar-refractivity contribution in [3.63, 3.8) is 0 Å². The van der Waals surface area contributed by atoms with Crippen LogP contribution < -0.4 is 11.1 Å². The number of ether oxygens (including phenoxy) is 1. The molecule has 1 saturated carbocycles. The fourth-order valence-electron chi connectivity index (χ4n) is 4.92. The zero-order valence-corrected chi connectivity index (χ0v) is 18.4. The number of hydrogen-bond donors (Lipinski definition) is 2. The summed E-state index contributed by atoms with van der Waals surface area (Å²) >= 11 is 0. The second-order valence-electron chi connectivity index (χ2n) is 8.85. The second-order valence-corrected chi connectivity index (χ2v) is 8.85. The summed E-state index contributed by atoms with van der Waals surface area (Å²) in [5, 5.41) is 4.51. The van der Waals surface area contributed by atoms with E-state index in [1.54, 1.807) is 12.4 Å². The molecule has 1 aromatic carbocycles. The number of rotatable bonds is 5. The van der Waals surface area contributed by atoms with Crippen LogP contribution in [-0.4, -0.2) is 64.4 Å². The van der Waals surface area contributed by atoms with Crippen LogP contribution in [0.2, 0.25) is 0 Å². The van der Waals surface area contributed by atoms with E-state index >= 15 is 0 Å². The Kier molecular flexibility index (Phi) is 6.32. The molecule has 0 unspecified atom stereocenters. The van der Waals surface area contributed by atoms with E-state index in [9.17, 15) is 8.78 Å². The predicted molar refractivity (Wildman–Crippen MR) is 124 cm³/mol. The first-order chi connectivity index (χ1) is 16.1. The number of aromatic nitrogens is 3. The maximum Gasteiger partial charge on any atom is 0.236 e. The number of halogens is 2. The minimum absolute atomic E-state index is 0.0186. The Balaban J connectivity index is 1.29. The molecule has 0 spiro atoms. The van der Waals surface area contributed by atoms with E-state index in [1.807, 2.05) is 18.2 Å². The van der Waals surface area contributed by atoms with Crippen molar-refractivity contribution in [3.8, 4) is 11.1 Å². The molecule has 0 amide bonds. The van der Waals surface area contributed by atoms with Crippen molar-refractivity contribution in [1.29, 1.82) is 0 Å². The van der Waals surface area contributed by atoms with E-state index in [4.69, 9.17) is 10.5 Å². The van der Waals surface area contributed by atoms with Crippen molar-refractivity contribution in [3.05, 3.63) is 42.7 Å². The highest BCUT2D eigenvalue weighted by Crippen LogP contribution is 2.31. The summed E-state index contributed by atoms with van der Waals surface area (Å²) in [5.41, 5.74) is 8.16. The van der Waals surface area contributed by atoms with Crippen LogP contribution in [0.15, 0.2) is 36.8 Å². The minimum Gasteiger partial charge on any atom is -0.395 e. The Morgan fingerprint density at radius 2 is 1.94 bits per heavy atom. The minimum atomic E-state index is -0.668. The average molecular weight is 455 g/mol. The summed E-state index contributed by atoms with van der Waals surface area (Å²) in [6.45, 7) is 1.75. The normalized spacial score (nSPS) is 24.1. The van der Waals surface area contributed by atoms with Crippen LogP contribution in [0, 0.1) is 5.95 Å². The van der Waals surface area contributed by atoms with Crippen LogP contribution in [0.25, 0.3) is 22.0 Å². The molecule has 9 heteroatoms. The largest absolute Gasteiger partial charge is 0.395 e. The van der Waals surface area contributed by atoms with Gasteiger partial charge in [0.2, 0.25) is 5.95 Å². The van der Waals surface area contributed by atoms with Gasteiger partial charge in [0.25, 0.3) is 0 Å². The molecule has 174 valence electrons. The maximum absolute atomic E-state index is 13.5. The van der Waals surface area contributed by atoms with Gasteiger partial charge in [0.1, 0.15) is 18.8 Å². The number of morpholine rings is 1. The van der Waals surface area contributed by atoms with Crippen molar-refractivity contribution in [2.75, 3.05) is 37.4 Å².